The number of hydrogen-bond acceptors (Lipinski definition) is 3. The highest BCUT2D eigenvalue weighted by atomic mass is 32.2. The number of hydrogen-bond donors (Lipinski definition) is 1. The molecule has 1 aromatic rings. The van der Waals surface area contributed by atoms with E-state index in [1.165, 1.54) is 24.2 Å². The molecule has 1 unspecified atom stereocenters. The van der Waals surface area contributed by atoms with Crippen LogP contribution in [0.3, 0.4) is 0 Å². The summed E-state index contributed by atoms with van der Waals surface area (Å²) in [6, 6.07) is 5.42. The molecule has 1 amide bonds. The third-order valence-electron chi connectivity index (χ3n) is 4.33. The van der Waals surface area contributed by atoms with Crippen LogP contribution >= 0.6 is 11.8 Å². The summed E-state index contributed by atoms with van der Waals surface area (Å²) >= 11 is 1.33. The smallest absolute Gasteiger partial charge is 0.304 e. The highest BCUT2D eigenvalue weighted by molar-refractivity contribution is 8.15. The molecule has 1 heterocycles. The number of carbonyl (C=O) groups is 1. The summed E-state index contributed by atoms with van der Waals surface area (Å²) in [7, 11) is 0. The monoisotopic (exact) mass is 356 g/mol. The van der Waals surface area contributed by atoms with Crippen LogP contribution in [-0.4, -0.2) is 22.4 Å². The molecule has 130 valence electrons. The van der Waals surface area contributed by atoms with Gasteiger partial charge < -0.3 is 5.32 Å². The van der Waals surface area contributed by atoms with Crippen LogP contribution in [0.15, 0.2) is 29.3 Å². The van der Waals surface area contributed by atoms with Crippen molar-refractivity contribution in [3.05, 3.63) is 35.4 Å². The van der Waals surface area contributed by atoms with Crippen LogP contribution in [0.2, 0.25) is 0 Å². The fourth-order valence-corrected chi connectivity index (χ4v) is 4.15. The van der Waals surface area contributed by atoms with Crippen molar-refractivity contribution in [1.82, 2.24) is 5.32 Å². The fourth-order valence-electron chi connectivity index (χ4n) is 3.07. The average Bonchev–Trinajstić information content (AvgIpc) is 2.87. The van der Waals surface area contributed by atoms with Gasteiger partial charge in [-0.1, -0.05) is 49.2 Å². The molecule has 2 aliphatic rings. The van der Waals surface area contributed by atoms with Crippen molar-refractivity contribution in [2.75, 3.05) is 0 Å². The molecule has 3 nitrogen and oxygen atoms in total. The first-order chi connectivity index (χ1) is 11.4. The Bertz CT molecular complexity index is 639. The molecule has 7 heteroatoms. The Kier molecular flexibility index (Phi) is 5.18. The first-order valence-corrected chi connectivity index (χ1v) is 9.01. The van der Waals surface area contributed by atoms with E-state index in [2.05, 4.69) is 10.3 Å². The van der Waals surface area contributed by atoms with Gasteiger partial charge in [-0.25, -0.2) is 0 Å². The van der Waals surface area contributed by atoms with E-state index in [9.17, 15) is 18.0 Å². The Morgan fingerprint density at radius 3 is 2.67 bits per heavy atom. The molecule has 0 bridgehead atoms. The van der Waals surface area contributed by atoms with E-state index in [1.807, 2.05) is 0 Å². The van der Waals surface area contributed by atoms with Crippen LogP contribution < -0.4 is 5.32 Å². The zero-order chi connectivity index (χ0) is 17.2. The number of amides is 1. The van der Waals surface area contributed by atoms with Gasteiger partial charge in [0.15, 0.2) is 5.17 Å². The van der Waals surface area contributed by atoms with E-state index >= 15 is 0 Å². The van der Waals surface area contributed by atoms with Crippen molar-refractivity contribution < 1.29 is 18.0 Å². The maximum Gasteiger partial charge on any atom is 0.416 e. The highest BCUT2D eigenvalue weighted by Crippen LogP contribution is 2.31. The Morgan fingerprint density at radius 1 is 1.21 bits per heavy atom. The van der Waals surface area contributed by atoms with Gasteiger partial charge in [0.2, 0.25) is 5.91 Å². The third-order valence-corrected chi connectivity index (χ3v) is 5.42. The van der Waals surface area contributed by atoms with Crippen LogP contribution in [0, 0.1) is 0 Å². The summed E-state index contributed by atoms with van der Waals surface area (Å²) in [6.07, 6.45) is 1.54. The zero-order valence-electron chi connectivity index (χ0n) is 13.1. The maximum absolute atomic E-state index is 12.8. The number of alkyl halides is 3. The Labute approximate surface area is 143 Å². The highest BCUT2D eigenvalue weighted by Gasteiger charge is 2.33. The summed E-state index contributed by atoms with van der Waals surface area (Å²) < 4.78 is 38.3. The van der Waals surface area contributed by atoms with Crippen molar-refractivity contribution in [3.8, 4) is 0 Å². The molecule has 0 aromatic heterocycles. The first-order valence-electron chi connectivity index (χ1n) is 8.13. The van der Waals surface area contributed by atoms with Crippen molar-refractivity contribution in [2.45, 2.75) is 56.0 Å². The molecule has 1 saturated heterocycles. The van der Waals surface area contributed by atoms with Crippen LogP contribution in [0.5, 0.6) is 0 Å². The van der Waals surface area contributed by atoms with Crippen molar-refractivity contribution in [3.63, 3.8) is 0 Å². The minimum atomic E-state index is -4.37. The number of benzene rings is 1. The quantitative estimate of drug-likeness (QED) is 0.883. The van der Waals surface area contributed by atoms with Gasteiger partial charge in [0.1, 0.15) is 0 Å². The SMILES string of the molecule is O=C1NC(=NC2CCCCC2)SC1Cc1cccc(C(F)(F)F)c1. The number of thioether (sulfide) groups is 1. The van der Waals surface area contributed by atoms with Crippen molar-refractivity contribution in [1.29, 1.82) is 0 Å². The Morgan fingerprint density at radius 2 is 1.96 bits per heavy atom. The maximum atomic E-state index is 12.8. The molecule has 1 saturated carbocycles. The van der Waals surface area contributed by atoms with Gasteiger partial charge in [-0.3, -0.25) is 9.79 Å². The number of rotatable bonds is 3. The second-order valence-corrected chi connectivity index (χ2v) is 7.42. The average molecular weight is 356 g/mol. The van der Waals surface area contributed by atoms with Gasteiger partial charge >= 0.3 is 6.18 Å². The van der Waals surface area contributed by atoms with Gasteiger partial charge in [-0.15, -0.1) is 0 Å². The van der Waals surface area contributed by atoms with E-state index in [0.29, 0.717) is 10.7 Å². The third kappa shape index (κ3) is 4.32. The molecule has 1 aliphatic carbocycles. The van der Waals surface area contributed by atoms with E-state index < -0.39 is 17.0 Å². The van der Waals surface area contributed by atoms with Crippen molar-refractivity contribution >= 4 is 22.8 Å². The molecule has 1 aliphatic heterocycles. The summed E-state index contributed by atoms with van der Waals surface area (Å²) in [4.78, 5) is 16.7. The predicted molar refractivity (Wildman–Crippen MR) is 89.0 cm³/mol. The van der Waals surface area contributed by atoms with Crippen LogP contribution in [0.1, 0.15) is 43.2 Å². The molecule has 2 fully saturated rings. The van der Waals surface area contributed by atoms with E-state index in [4.69, 9.17) is 0 Å². The molecule has 0 spiro atoms. The second-order valence-electron chi connectivity index (χ2n) is 6.22. The van der Waals surface area contributed by atoms with Gasteiger partial charge in [-0.2, -0.15) is 13.2 Å². The van der Waals surface area contributed by atoms with Gasteiger partial charge in [0.05, 0.1) is 16.9 Å². The van der Waals surface area contributed by atoms with E-state index in [0.717, 1.165) is 37.8 Å². The van der Waals surface area contributed by atoms with Gasteiger partial charge in [-0.05, 0) is 30.9 Å². The summed E-state index contributed by atoms with van der Waals surface area (Å²) in [6.45, 7) is 0. The number of nitrogens with one attached hydrogen (secondary N) is 1. The van der Waals surface area contributed by atoms with Gasteiger partial charge in [0.25, 0.3) is 0 Å². The van der Waals surface area contributed by atoms with E-state index in [-0.39, 0.29) is 18.4 Å². The van der Waals surface area contributed by atoms with Crippen LogP contribution in [-0.2, 0) is 17.4 Å². The number of aliphatic imine (C=N–C) groups is 1. The lowest BCUT2D eigenvalue weighted by Crippen LogP contribution is -2.27. The van der Waals surface area contributed by atoms with E-state index in [1.54, 1.807) is 6.07 Å². The zero-order valence-corrected chi connectivity index (χ0v) is 13.9. The normalized spacial score (nSPS) is 24.4. The summed E-state index contributed by atoms with van der Waals surface area (Å²) in [5.74, 6) is -0.174. The molecule has 1 aromatic carbocycles. The lowest BCUT2D eigenvalue weighted by molar-refractivity contribution is -0.137. The first kappa shape index (κ1) is 17.3. The number of carbonyl (C=O) groups excluding carboxylic acids is 1. The number of amidine groups is 1. The molecule has 1 N–H and O–H groups in total. The predicted octanol–water partition coefficient (Wildman–Crippen LogP) is 4.17. The standard InChI is InChI=1S/C17H19F3N2OS/c18-17(19,20)12-6-4-5-11(9-12)10-14-15(23)22-16(24-14)21-13-7-2-1-3-8-13/h4-6,9,13-14H,1-3,7-8,10H2,(H,21,22,23). The van der Waals surface area contributed by atoms with Crippen molar-refractivity contribution in [2.24, 2.45) is 4.99 Å². The van der Waals surface area contributed by atoms with Crippen LogP contribution in [0.25, 0.3) is 0 Å². The largest absolute Gasteiger partial charge is 0.416 e. The second kappa shape index (κ2) is 7.17. The molecule has 24 heavy (non-hydrogen) atoms. The summed E-state index contributed by atoms with van der Waals surface area (Å²) in [5, 5.41) is 2.96. The minimum absolute atomic E-state index is 0.174. The number of halogens is 3. The lowest BCUT2D eigenvalue weighted by atomic mass is 9.96. The molecular formula is C17H19F3N2OS. The Hall–Kier alpha value is -1.50. The minimum Gasteiger partial charge on any atom is -0.304 e. The molecule has 1 atom stereocenters. The van der Waals surface area contributed by atoms with Crippen LogP contribution in [0.4, 0.5) is 13.2 Å². The fraction of sp³-hybridized carbons (Fsp3) is 0.529. The number of nitrogens with zero attached hydrogens (tertiary/aromatic N) is 1. The molecular weight excluding hydrogens is 337 g/mol. The summed E-state index contributed by atoms with van der Waals surface area (Å²) in [5.41, 5.74) is -0.170. The Balaban J connectivity index is 1.66. The topological polar surface area (TPSA) is 41.5 Å². The molecule has 3 rings (SSSR count). The van der Waals surface area contributed by atoms with Gasteiger partial charge in [0, 0.05) is 0 Å². The lowest BCUT2D eigenvalue weighted by Gasteiger charge is -2.17. The molecule has 0 radical (unpaired) electrons.